The van der Waals surface area contributed by atoms with Gasteiger partial charge in [0.1, 0.15) is 0 Å². The summed E-state index contributed by atoms with van der Waals surface area (Å²) in [6, 6.07) is 0. The van der Waals surface area contributed by atoms with E-state index in [9.17, 15) is 5.11 Å². The van der Waals surface area contributed by atoms with Crippen LogP contribution in [-0.4, -0.2) is 11.2 Å². The molecule has 0 aromatic heterocycles. The molecule has 0 heterocycles. The lowest BCUT2D eigenvalue weighted by atomic mass is 9.73. The zero-order valence-electron chi connectivity index (χ0n) is 24.2. The Morgan fingerprint density at radius 3 is 1.94 bits per heavy atom. The summed E-state index contributed by atoms with van der Waals surface area (Å²) in [5, 5.41) is 10.5. The third-order valence-corrected chi connectivity index (χ3v) is 10.2. The van der Waals surface area contributed by atoms with Crippen LogP contribution in [0.2, 0.25) is 0 Å². The standard InChI is InChI=1S/C33H64O/c1-6-15-29(7-2)25-33(28(5)34)22-26(3)16-14-19-31(24-30-17-10-8-11-18-30)23-27(4)32-20-12-9-13-21-32/h26-34H,6-25H2,1-5H3/t26-,27-,28?,29?,31-,33+/m0/s1. The fourth-order valence-corrected chi connectivity index (χ4v) is 7.85. The summed E-state index contributed by atoms with van der Waals surface area (Å²) in [7, 11) is 0. The maximum Gasteiger partial charge on any atom is 0.0540 e. The Labute approximate surface area is 215 Å². The summed E-state index contributed by atoms with van der Waals surface area (Å²) >= 11 is 0. The van der Waals surface area contributed by atoms with Crippen molar-refractivity contribution in [3.8, 4) is 0 Å². The molecule has 1 N–H and O–H groups in total. The van der Waals surface area contributed by atoms with Crippen LogP contribution < -0.4 is 0 Å². The Hall–Kier alpha value is -0.0400. The fourth-order valence-electron chi connectivity index (χ4n) is 7.85. The van der Waals surface area contributed by atoms with Gasteiger partial charge in [0.25, 0.3) is 0 Å². The topological polar surface area (TPSA) is 20.2 Å². The van der Waals surface area contributed by atoms with Gasteiger partial charge < -0.3 is 5.11 Å². The molecule has 0 saturated heterocycles. The molecule has 2 aliphatic carbocycles. The lowest BCUT2D eigenvalue weighted by Crippen LogP contribution is -2.23. The molecule has 2 saturated carbocycles. The van der Waals surface area contributed by atoms with E-state index in [0.29, 0.717) is 5.92 Å². The minimum absolute atomic E-state index is 0.149. The van der Waals surface area contributed by atoms with E-state index in [1.165, 1.54) is 128 Å². The van der Waals surface area contributed by atoms with E-state index in [-0.39, 0.29) is 6.10 Å². The zero-order valence-corrected chi connectivity index (χ0v) is 24.2. The Kier molecular flexibility index (Phi) is 15.5. The van der Waals surface area contributed by atoms with Gasteiger partial charge in [0.2, 0.25) is 0 Å². The van der Waals surface area contributed by atoms with Gasteiger partial charge in [0, 0.05) is 0 Å². The molecular formula is C33H64O. The lowest BCUT2D eigenvalue weighted by molar-refractivity contribution is 0.0893. The molecule has 2 aliphatic rings. The summed E-state index contributed by atoms with van der Waals surface area (Å²) in [5.74, 6) is 6.00. The molecule has 2 unspecified atom stereocenters. The highest BCUT2D eigenvalue weighted by Crippen LogP contribution is 2.38. The summed E-state index contributed by atoms with van der Waals surface area (Å²) in [6.07, 6.45) is 28.4. The Morgan fingerprint density at radius 1 is 0.706 bits per heavy atom. The van der Waals surface area contributed by atoms with Crippen LogP contribution in [0, 0.1) is 41.4 Å². The second-order valence-corrected chi connectivity index (χ2v) is 13.3. The first-order chi connectivity index (χ1) is 16.4. The molecule has 34 heavy (non-hydrogen) atoms. The highest BCUT2D eigenvalue weighted by Gasteiger charge is 2.26. The van der Waals surface area contributed by atoms with Crippen molar-refractivity contribution in [2.24, 2.45) is 41.4 Å². The van der Waals surface area contributed by atoms with E-state index >= 15 is 0 Å². The van der Waals surface area contributed by atoms with Crippen LogP contribution >= 0.6 is 0 Å². The van der Waals surface area contributed by atoms with Gasteiger partial charge in [-0.2, -0.15) is 0 Å². The lowest BCUT2D eigenvalue weighted by Gasteiger charge is -2.33. The van der Waals surface area contributed by atoms with Crippen molar-refractivity contribution < 1.29 is 5.11 Å². The van der Waals surface area contributed by atoms with Crippen LogP contribution in [0.15, 0.2) is 0 Å². The van der Waals surface area contributed by atoms with Crippen molar-refractivity contribution in [1.82, 2.24) is 0 Å². The number of hydrogen-bond acceptors (Lipinski definition) is 1. The van der Waals surface area contributed by atoms with Crippen LogP contribution in [-0.2, 0) is 0 Å². The van der Waals surface area contributed by atoms with Gasteiger partial charge in [-0.25, -0.2) is 0 Å². The monoisotopic (exact) mass is 476 g/mol. The van der Waals surface area contributed by atoms with Gasteiger partial charge >= 0.3 is 0 Å². The van der Waals surface area contributed by atoms with E-state index in [4.69, 9.17) is 0 Å². The van der Waals surface area contributed by atoms with Crippen LogP contribution in [0.5, 0.6) is 0 Å². The SMILES string of the molecule is CCCC(CC)C[C@@H](C[C@@H](C)CCC[C@H](CC1CCCCC1)C[C@H](C)C1CCCCC1)C(C)O. The second kappa shape index (κ2) is 17.4. The third kappa shape index (κ3) is 11.8. The third-order valence-electron chi connectivity index (χ3n) is 10.2. The van der Waals surface area contributed by atoms with Crippen LogP contribution in [0.3, 0.4) is 0 Å². The predicted octanol–water partition coefficient (Wildman–Crippen LogP) is 10.6. The van der Waals surface area contributed by atoms with Crippen LogP contribution in [0.4, 0.5) is 0 Å². The Bertz CT molecular complexity index is 473. The average molecular weight is 477 g/mol. The van der Waals surface area contributed by atoms with Gasteiger partial charge in [0.05, 0.1) is 6.10 Å². The Balaban J connectivity index is 1.82. The molecule has 2 fully saturated rings. The van der Waals surface area contributed by atoms with E-state index in [1.807, 2.05) is 6.92 Å². The molecule has 1 heteroatoms. The second-order valence-electron chi connectivity index (χ2n) is 13.3. The van der Waals surface area contributed by atoms with E-state index < -0.39 is 0 Å². The minimum Gasteiger partial charge on any atom is -0.393 e. The quantitative estimate of drug-likeness (QED) is 0.221. The van der Waals surface area contributed by atoms with E-state index in [2.05, 4.69) is 27.7 Å². The molecule has 2 rings (SSSR count). The molecule has 6 atom stereocenters. The molecule has 0 aromatic carbocycles. The highest BCUT2D eigenvalue weighted by molar-refractivity contribution is 4.78. The van der Waals surface area contributed by atoms with Gasteiger partial charge in [-0.05, 0) is 74.0 Å². The normalized spacial score (nSPS) is 23.8. The average Bonchev–Trinajstić information content (AvgIpc) is 2.84. The molecule has 0 aliphatic heterocycles. The van der Waals surface area contributed by atoms with E-state index in [1.54, 1.807) is 0 Å². The molecular weight excluding hydrogens is 412 g/mol. The van der Waals surface area contributed by atoms with Crippen molar-refractivity contribution in [2.75, 3.05) is 0 Å². The summed E-state index contributed by atoms with van der Waals surface area (Å²) in [5.41, 5.74) is 0. The first-order valence-electron chi connectivity index (χ1n) is 16.1. The number of aliphatic hydroxyl groups is 1. The summed E-state index contributed by atoms with van der Waals surface area (Å²) in [6.45, 7) is 11.8. The molecule has 0 spiro atoms. The largest absolute Gasteiger partial charge is 0.393 e. The van der Waals surface area contributed by atoms with Crippen molar-refractivity contribution in [3.63, 3.8) is 0 Å². The van der Waals surface area contributed by atoms with Crippen molar-refractivity contribution in [3.05, 3.63) is 0 Å². The summed E-state index contributed by atoms with van der Waals surface area (Å²) < 4.78 is 0. The van der Waals surface area contributed by atoms with Crippen LogP contribution in [0.25, 0.3) is 0 Å². The van der Waals surface area contributed by atoms with Crippen molar-refractivity contribution in [2.45, 2.75) is 169 Å². The Morgan fingerprint density at radius 2 is 1.35 bits per heavy atom. The molecule has 1 nitrogen and oxygen atoms in total. The minimum atomic E-state index is -0.149. The van der Waals surface area contributed by atoms with Gasteiger partial charge in [-0.15, -0.1) is 0 Å². The fraction of sp³-hybridized carbons (Fsp3) is 1.00. The zero-order chi connectivity index (χ0) is 24.8. The predicted molar refractivity (Wildman–Crippen MR) is 151 cm³/mol. The van der Waals surface area contributed by atoms with Crippen molar-refractivity contribution in [1.29, 1.82) is 0 Å². The molecule has 0 amide bonds. The molecule has 0 radical (unpaired) electrons. The molecule has 202 valence electrons. The van der Waals surface area contributed by atoms with Crippen LogP contribution in [0.1, 0.15) is 163 Å². The smallest absolute Gasteiger partial charge is 0.0540 e. The first kappa shape index (κ1) is 30.2. The first-order valence-corrected chi connectivity index (χ1v) is 16.1. The number of aliphatic hydroxyl groups excluding tert-OH is 1. The van der Waals surface area contributed by atoms with Crippen molar-refractivity contribution >= 4 is 0 Å². The summed E-state index contributed by atoms with van der Waals surface area (Å²) in [4.78, 5) is 0. The molecule has 0 aromatic rings. The van der Waals surface area contributed by atoms with E-state index in [0.717, 1.165) is 35.5 Å². The van der Waals surface area contributed by atoms with Gasteiger partial charge in [0.15, 0.2) is 0 Å². The van der Waals surface area contributed by atoms with Gasteiger partial charge in [-0.1, -0.05) is 130 Å². The number of rotatable bonds is 17. The maximum atomic E-state index is 10.5. The van der Waals surface area contributed by atoms with Gasteiger partial charge in [-0.3, -0.25) is 0 Å². The molecule has 0 bridgehead atoms. The maximum absolute atomic E-state index is 10.5. The highest BCUT2D eigenvalue weighted by atomic mass is 16.3. The number of hydrogen-bond donors (Lipinski definition) is 1.